The van der Waals surface area contributed by atoms with E-state index < -0.39 is 23.8 Å². The molecule has 232 valence electrons. The predicted molar refractivity (Wildman–Crippen MR) is 153 cm³/mol. The zero-order valence-corrected chi connectivity index (χ0v) is 24.7. The van der Waals surface area contributed by atoms with E-state index in [0.29, 0.717) is 44.0 Å². The molecule has 0 unspecified atom stereocenters. The van der Waals surface area contributed by atoms with Crippen molar-refractivity contribution in [3.63, 3.8) is 0 Å². The second kappa shape index (κ2) is 14.0. The normalized spacial score (nSPS) is 12.0. The maximum Gasteiger partial charge on any atom is 0.573 e. The molecule has 2 N–H and O–H groups in total. The van der Waals surface area contributed by atoms with Crippen molar-refractivity contribution in [1.29, 1.82) is 0 Å². The van der Waals surface area contributed by atoms with Crippen LogP contribution in [0.25, 0.3) is 16.6 Å². The van der Waals surface area contributed by atoms with Crippen LogP contribution in [0.1, 0.15) is 39.2 Å². The van der Waals surface area contributed by atoms with Gasteiger partial charge in [0.25, 0.3) is 0 Å². The molecule has 0 aliphatic rings. The molecule has 0 bridgehead atoms. The van der Waals surface area contributed by atoms with Crippen molar-refractivity contribution in [2.24, 2.45) is 0 Å². The molecule has 2 aromatic heterocycles. The van der Waals surface area contributed by atoms with Gasteiger partial charge in [-0.15, -0.1) is 23.4 Å². The molecule has 2 heterocycles. The monoisotopic (exact) mass is 623 g/mol. The molecule has 0 atom stereocenters. The number of hydrogen-bond donors (Lipinski definition) is 2. The number of benzene rings is 2. The second-order valence-electron chi connectivity index (χ2n) is 10.7. The average molecular weight is 624 g/mol. The van der Waals surface area contributed by atoms with E-state index in [1.807, 2.05) is 12.1 Å². The van der Waals surface area contributed by atoms with Crippen LogP contribution in [0.3, 0.4) is 0 Å². The van der Waals surface area contributed by atoms with E-state index in [0.717, 1.165) is 29.1 Å². The number of ether oxygens (including phenoxy) is 3. The van der Waals surface area contributed by atoms with Crippen molar-refractivity contribution >= 4 is 28.6 Å². The summed E-state index contributed by atoms with van der Waals surface area (Å²) in [6.45, 7) is 7.51. The van der Waals surface area contributed by atoms with Crippen LogP contribution in [0.5, 0.6) is 11.5 Å². The summed E-state index contributed by atoms with van der Waals surface area (Å²) < 4.78 is 55.0. The maximum absolute atomic E-state index is 12.9. The molecule has 1 amide bonds. The minimum Gasteiger partial charge on any atom is -0.493 e. The molecule has 11 nitrogen and oxygen atoms in total. The number of aromatic nitrogens is 5. The first-order valence-electron chi connectivity index (χ1n) is 13.6. The number of aromatic amines is 1. The van der Waals surface area contributed by atoms with E-state index in [1.54, 1.807) is 44.2 Å². The van der Waals surface area contributed by atoms with Crippen molar-refractivity contribution in [1.82, 2.24) is 35.2 Å². The minimum atomic E-state index is -4.86. The highest BCUT2D eigenvalue weighted by atomic mass is 35.5. The molecule has 0 aliphatic heterocycles. The van der Waals surface area contributed by atoms with E-state index in [1.165, 1.54) is 17.0 Å². The number of carbonyl (C=O) groups is 1. The van der Waals surface area contributed by atoms with Crippen LogP contribution in [0, 0.1) is 0 Å². The van der Waals surface area contributed by atoms with Crippen LogP contribution in [0.4, 0.5) is 18.0 Å². The van der Waals surface area contributed by atoms with Crippen LogP contribution in [0.15, 0.2) is 49.2 Å². The number of hydrogen-bond acceptors (Lipinski definition) is 8. The number of rotatable bonds is 13. The highest BCUT2D eigenvalue weighted by Gasteiger charge is 2.32. The van der Waals surface area contributed by atoms with Crippen LogP contribution >= 0.6 is 11.6 Å². The summed E-state index contributed by atoms with van der Waals surface area (Å²) in [5.74, 6) is 0.188. The van der Waals surface area contributed by atoms with Gasteiger partial charge in [0.2, 0.25) is 0 Å². The first-order chi connectivity index (χ1) is 20.4. The van der Waals surface area contributed by atoms with Gasteiger partial charge in [-0.3, -0.25) is 9.67 Å². The fourth-order valence-corrected chi connectivity index (χ4v) is 4.38. The van der Waals surface area contributed by atoms with E-state index in [2.05, 4.69) is 30.4 Å². The lowest BCUT2D eigenvalue weighted by molar-refractivity contribution is -0.274. The summed E-state index contributed by atoms with van der Waals surface area (Å²) in [5, 5.41) is 18.8. The summed E-state index contributed by atoms with van der Waals surface area (Å²) in [5.41, 5.74) is 1.50. The number of carbonyl (C=O) groups excluding carboxylic acids is 1. The van der Waals surface area contributed by atoms with Gasteiger partial charge < -0.3 is 24.4 Å². The lowest BCUT2D eigenvalue weighted by Crippen LogP contribution is -2.38. The number of halogens is 4. The molecule has 0 radical (unpaired) electrons. The van der Waals surface area contributed by atoms with Gasteiger partial charge in [0.1, 0.15) is 29.8 Å². The molecule has 15 heteroatoms. The summed E-state index contributed by atoms with van der Waals surface area (Å²) in [4.78, 5) is 14.4. The van der Waals surface area contributed by atoms with Gasteiger partial charge in [0.15, 0.2) is 0 Å². The van der Waals surface area contributed by atoms with Gasteiger partial charge >= 0.3 is 12.5 Å². The van der Waals surface area contributed by atoms with Crippen molar-refractivity contribution in [2.45, 2.75) is 52.1 Å². The number of nitrogens with zero attached hydrogens (tertiary/aromatic N) is 5. The molecule has 4 rings (SSSR count). The zero-order chi connectivity index (χ0) is 31.0. The first-order valence-corrected chi connectivity index (χ1v) is 13.9. The third-order valence-corrected chi connectivity index (χ3v) is 6.30. The first kappa shape index (κ1) is 31.9. The molecule has 43 heavy (non-hydrogen) atoms. The van der Waals surface area contributed by atoms with Crippen LogP contribution in [-0.2, 0) is 11.3 Å². The van der Waals surface area contributed by atoms with Crippen LogP contribution < -0.4 is 14.8 Å². The molecule has 0 spiro atoms. The largest absolute Gasteiger partial charge is 0.573 e. The number of amides is 1. The third kappa shape index (κ3) is 9.75. The summed E-state index contributed by atoms with van der Waals surface area (Å²) in [7, 11) is 0. The summed E-state index contributed by atoms with van der Waals surface area (Å²) in [6, 6.07) is 7.75. The molecule has 0 saturated heterocycles. The van der Waals surface area contributed by atoms with Gasteiger partial charge in [-0.1, -0.05) is 17.7 Å². The Bertz CT molecular complexity index is 1490. The van der Waals surface area contributed by atoms with Crippen molar-refractivity contribution in [3.8, 4) is 17.2 Å². The maximum atomic E-state index is 12.9. The van der Waals surface area contributed by atoms with E-state index in [9.17, 15) is 18.0 Å². The minimum absolute atomic E-state index is 0.103. The second-order valence-corrected chi connectivity index (χ2v) is 11.1. The quantitative estimate of drug-likeness (QED) is 0.177. The SMILES string of the molecule is CC(C)(C)OC(=O)N(CCCNCCCOc1cc(-n2cnnc2)cc2[nH]ncc12)Cc1ccc(OC(F)(F)F)c(Cl)c1. The topological polar surface area (TPSA) is 119 Å². The van der Waals surface area contributed by atoms with E-state index >= 15 is 0 Å². The lowest BCUT2D eigenvalue weighted by atomic mass is 10.2. The van der Waals surface area contributed by atoms with E-state index in [4.69, 9.17) is 21.1 Å². The summed E-state index contributed by atoms with van der Waals surface area (Å²) in [6.07, 6.45) is 0.876. The molecule has 4 aromatic rings. The Morgan fingerprint density at radius 2 is 1.81 bits per heavy atom. The Hall–Kier alpha value is -4.04. The van der Waals surface area contributed by atoms with Crippen molar-refractivity contribution in [3.05, 3.63) is 59.8 Å². The third-order valence-electron chi connectivity index (χ3n) is 6.01. The lowest BCUT2D eigenvalue weighted by Gasteiger charge is -2.27. The molecule has 0 aliphatic carbocycles. The Morgan fingerprint density at radius 1 is 1.07 bits per heavy atom. The smallest absolute Gasteiger partial charge is 0.493 e. The number of nitrogens with one attached hydrogen (secondary N) is 2. The van der Waals surface area contributed by atoms with Crippen LogP contribution in [-0.4, -0.2) is 74.2 Å². The molecular weight excluding hydrogens is 591 g/mol. The Labute approximate surface area is 251 Å². The highest BCUT2D eigenvalue weighted by Crippen LogP contribution is 2.31. The fourth-order valence-electron chi connectivity index (χ4n) is 4.14. The highest BCUT2D eigenvalue weighted by molar-refractivity contribution is 6.32. The Kier molecular flexibility index (Phi) is 10.3. The van der Waals surface area contributed by atoms with Gasteiger partial charge in [-0.25, -0.2) is 4.79 Å². The van der Waals surface area contributed by atoms with Gasteiger partial charge in [-0.05, 0) is 70.5 Å². The van der Waals surface area contributed by atoms with Crippen LogP contribution in [0.2, 0.25) is 5.02 Å². The van der Waals surface area contributed by atoms with Gasteiger partial charge in [-0.2, -0.15) is 5.10 Å². The standard InChI is InChI=1S/C28H33ClF3N7O4/c1-27(2,3)43-26(40)38(16-19-6-7-24(22(29)12-19)42-28(30,31)32)10-4-8-33-9-5-11-41-25-14-20(39-17-35-36-18-39)13-23-21(25)15-34-37-23/h6-7,12-15,17-18,33H,4-5,8-11,16H2,1-3H3,(H,34,37). The van der Waals surface area contributed by atoms with Gasteiger partial charge in [0, 0.05) is 19.2 Å². The van der Waals surface area contributed by atoms with E-state index in [-0.39, 0.29) is 11.6 Å². The number of H-pyrrole nitrogens is 1. The zero-order valence-electron chi connectivity index (χ0n) is 23.9. The number of fused-ring (bicyclic) bond motifs is 1. The fraction of sp³-hybridized carbons (Fsp3) is 0.429. The average Bonchev–Trinajstić information content (AvgIpc) is 3.62. The summed E-state index contributed by atoms with van der Waals surface area (Å²) >= 11 is 5.99. The predicted octanol–water partition coefficient (Wildman–Crippen LogP) is 5.88. The Morgan fingerprint density at radius 3 is 2.51 bits per heavy atom. The molecular formula is C28H33ClF3N7O4. The van der Waals surface area contributed by atoms with Crippen molar-refractivity contribution in [2.75, 3.05) is 26.2 Å². The molecule has 2 aromatic carbocycles. The molecule has 0 saturated carbocycles. The Balaban J connectivity index is 1.25. The molecule has 0 fully saturated rings. The van der Waals surface area contributed by atoms with Gasteiger partial charge in [0.05, 0.1) is 34.4 Å². The van der Waals surface area contributed by atoms with Crippen molar-refractivity contribution < 1.29 is 32.2 Å². The number of alkyl halides is 3.